The highest BCUT2D eigenvalue weighted by Crippen LogP contribution is 2.20. The summed E-state index contributed by atoms with van der Waals surface area (Å²) in [7, 11) is 0. The van der Waals surface area contributed by atoms with E-state index in [2.05, 4.69) is 32.8 Å². The highest BCUT2D eigenvalue weighted by molar-refractivity contribution is 14.1. The lowest BCUT2D eigenvalue weighted by Gasteiger charge is -1.98. The van der Waals surface area contributed by atoms with Crippen LogP contribution in [0.1, 0.15) is 5.56 Å². The fourth-order valence-corrected chi connectivity index (χ4v) is 1.46. The van der Waals surface area contributed by atoms with Gasteiger partial charge in [-0.1, -0.05) is 23.7 Å². The molecule has 0 unspecified atom stereocenters. The van der Waals surface area contributed by atoms with Crippen LogP contribution < -0.4 is 11.5 Å². The van der Waals surface area contributed by atoms with Gasteiger partial charge in [-0.15, -0.1) is 5.10 Å². The van der Waals surface area contributed by atoms with Gasteiger partial charge in [0.2, 0.25) is 5.96 Å². The summed E-state index contributed by atoms with van der Waals surface area (Å²) >= 11 is 8.03. The highest BCUT2D eigenvalue weighted by atomic mass is 127. The Morgan fingerprint density at radius 1 is 1.43 bits per heavy atom. The second-order valence-electron chi connectivity index (χ2n) is 2.41. The molecular weight excluding hydrogens is 314 g/mol. The summed E-state index contributed by atoms with van der Waals surface area (Å²) in [4.78, 5) is 0. The van der Waals surface area contributed by atoms with Crippen molar-refractivity contribution in [3.8, 4) is 0 Å². The second-order valence-corrected chi connectivity index (χ2v) is 3.90. The minimum absolute atomic E-state index is 0.0710. The summed E-state index contributed by atoms with van der Waals surface area (Å²) in [5.41, 5.74) is 11.1. The van der Waals surface area contributed by atoms with Gasteiger partial charge in [0.05, 0.1) is 11.2 Å². The molecule has 0 aliphatic heterocycles. The number of nitrogens with zero attached hydrogens (tertiary/aromatic N) is 2. The fraction of sp³-hybridized carbons (Fsp3) is 0. The average Bonchev–Trinajstić information content (AvgIpc) is 2.12. The Kier molecular flexibility index (Phi) is 4.15. The molecule has 4 nitrogen and oxygen atoms in total. The standard InChI is InChI=1S/C8H8ClIN4/c9-6-3-1-2-5(7(6)10)4-13-14-8(11)12/h1-4H,(H4,11,12,14)/b13-4+. The number of nitrogens with two attached hydrogens (primary N) is 2. The lowest BCUT2D eigenvalue weighted by atomic mass is 10.2. The maximum atomic E-state index is 5.90. The maximum Gasteiger partial charge on any atom is 0.211 e. The Morgan fingerprint density at radius 2 is 2.14 bits per heavy atom. The van der Waals surface area contributed by atoms with Gasteiger partial charge >= 0.3 is 0 Å². The molecule has 6 heteroatoms. The van der Waals surface area contributed by atoms with Crippen molar-refractivity contribution in [3.63, 3.8) is 0 Å². The van der Waals surface area contributed by atoms with Crippen LogP contribution in [0.15, 0.2) is 28.4 Å². The van der Waals surface area contributed by atoms with E-state index >= 15 is 0 Å². The smallest absolute Gasteiger partial charge is 0.211 e. The predicted octanol–water partition coefficient (Wildman–Crippen LogP) is 1.55. The lowest BCUT2D eigenvalue weighted by molar-refractivity contribution is 1.21. The first-order valence-electron chi connectivity index (χ1n) is 3.67. The average molecular weight is 323 g/mol. The van der Waals surface area contributed by atoms with Gasteiger partial charge in [0.15, 0.2) is 0 Å². The minimum atomic E-state index is -0.0710. The van der Waals surface area contributed by atoms with E-state index in [0.29, 0.717) is 5.02 Å². The Hall–Kier alpha value is -0.820. The maximum absolute atomic E-state index is 5.90. The first-order valence-corrected chi connectivity index (χ1v) is 5.13. The largest absolute Gasteiger partial charge is 0.369 e. The predicted molar refractivity (Wildman–Crippen MR) is 67.6 cm³/mol. The van der Waals surface area contributed by atoms with Crippen molar-refractivity contribution < 1.29 is 0 Å². The first kappa shape index (κ1) is 11.3. The molecule has 1 rings (SSSR count). The fourth-order valence-electron chi connectivity index (χ4n) is 0.778. The van der Waals surface area contributed by atoms with Gasteiger partial charge in [-0.05, 0) is 28.7 Å². The van der Waals surface area contributed by atoms with E-state index in [-0.39, 0.29) is 5.96 Å². The van der Waals surface area contributed by atoms with E-state index in [1.54, 1.807) is 12.3 Å². The molecule has 1 aromatic carbocycles. The third-order valence-corrected chi connectivity index (χ3v) is 3.19. The van der Waals surface area contributed by atoms with Gasteiger partial charge in [0, 0.05) is 9.13 Å². The molecule has 0 saturated heterocycles. The van der Waals surface area contributed by atoms with Crippen LogP contribution in [0.2, 0.25) is 5.02 Å². The molecule has 0 aliphatic rings. The molecule has 0 spiro atoms. The third-order valence-electron chi connectivity index (χ3n) is 1.35. The molecule has 0 fully saturated rings. The number of rotatable bonds is 2. The molecule has 0 saturated carbocycles. The molecule has 0 radical (unpaired) electrons. The quantitative estimate of drug-likeness (QED) is 0.375. The zero-order valence-electron chi connectivity index (χ0n) is 7.11. The molecule has 0 heterocycles. The zero-order chi connectivity index (χ0) is 10.6. The van der Waals surface area contributed by atoms with Crippen molar-refractivity contribution >= 4 is 46.4 Å². The number of halogens is 2. The summed E-state index contributed by atoms with van der Waals surface area (Å²) < 4.78 is 0.918. The molecule has 0 amide bonds. The Labute approximate surface area is 100 Å². The van der Waals surface area contributed by atoms with Crippen LogP contribution in [0.5, 0.6) is 0 Å². The molecule has 0 aromatic heterocycles. The molecule has 74 valence electrons. The number of guanidine groups is 1. The van der Waals surface area contributed by atoms with E-state index in [0.717, 1.165) is 9.13 Å². The number of benzene rings is 1. The van der Waals surface area contributed by atoms with Crippen LogP contribution in [0.25, 0.3) is 0 Å². The summed E-state index contributed by atoms with van der Waals surface area (Å²) in [6, 6.07) is 5.52. The van der Waals surface area contributed by atoms with Crippen molar-refractivity contribution in [1.82, 2.24) is 0 Å². The Bertz CT molecular complexity index is 385. The van der Waals surface area contributed by atoms with Crippen molar-refractivity contribution in [3.05, 3.63) is 32.4 Å². The minimum Gasteiger partial charge on any atom is -0.369 e. The van der Waals surface area contributed by atoms with Crippen LogP contribution >= 0.6 is 34.2 Å². The zero-order valence-corrected chi connectivity index (χ0v) is 10.0. The van der Waals surface area contributed by atoms with Crippen LogP contribution in [-0.4, -0.2) is 12.2 Å². The van der Waals surface area contributed by atoms with Gasteiger partial charge in [-0.3, -0.25) is 0 Å². The van der Waals surface area contributed by atoms with E-state index in [9.17, 15) is 0 Å². The summed E-state index contributed by atoms with van der Waals surface area (Å²) in [5.74, 6) is -0.0710. The Morgan fingerprint density at radius 3 is 2.79 bits per heavy atom. The Balaban J connectivity index is 2.92. The van der Waals surface area contributed by atoms with Gasteiger partial charge in [0.1, 0.15) is 0 Å². The molecule has 4 N–H and O–H groups in total. The first-order chi connectivity index (χ1) is 6.61. The van der Waals surface area contributed by atoms with Crippen molar-refractivity contribution in [2.45, 2.75) is 0 Å². The van der Waals surface area contributed by atoms with Crippen molar-refractivity contribution in [2.24, 2.45) is 21.7 Å². The van der Waals surface area contributed by atoms with Gasteiger partial charge < -0.3 is 11.5 Å². The van der Waals surface area contributed by atoms with E-state index in [1.165, 1.54) is 0 Å². The van der Waals surface area contributed by atoms with E-state index in [4.69, 9.17) is 23.1 Å². The topological polar surface area (TPSA) is 76.8 Å². The van der Waals surface area contributed by atoms with Crippen molar-refractivity contribution in [1.29, 1.82) is 0 Å². The summed E-state index contributed by atoms with van der Waals surface area (Å²) in [6.07, 6.45) is 1.55. The van der Waals surface area contributed by atoms with Crippen LogP contribution in [-0.2, 0) is 0 Å². The van der Waals surface area contributed by atoms with E-state index < -0.39 is 0 Å². The van der Waals surface area contributed by atoms with Crippen LogP contribution in [0.4, 0.5) is 0 Å². The summed E-state index contributed by atoms with van der Waals surface area (Å²) in [6.45, 7) is 0. The molecule has 14 heavy (non-hydrogen) atoms. The SMILES string of the molecule is NC(N)=N/N=C/c1cccc(Cl)c1I. The molecule has 0 aliphatic carbocycles. The van der Waals surface area contributed by atoms with Gasteiger partial charge in [0.25, 0.3) is 0 Å². The van der Waals surface area contributed by atoms with Gasteiger partial charge in [-0.25, -0.2) is 0 Å². The second kappa shape index (κ2) is 5.16. The normalized spacial score (nSPS) is 10.4. The highest BCUT2D eigenvalue weighted by Gasteiger charge is 1.99. The third kappa shape index (κ3) is 3.15. The monoisotopic (exact) mass is 322 g/mol. The molecule has 0 bridgehead atoms. The van der Waals surface area contributed by atoms with E-state index in [1.807, 2.05) is 12.1 Å². The summed E-state index contributed by atoms with van der Waals surface area (Å²) in [5, 5.41) is 7.86. The molecule has 1 aromatic rings. The molecule has 0 atom stereocenters. The van der Waals surface area contributed by atoms with Gasteiger partial charge in [-0.2, -0.15) is 5.10 Å². The molecular formula is C8H8ClIN4. The lowest BCUT2D eigenvalue weighted by Crippen LogP contribution is -2.21. The number of hydrogen-bond acceptors (Lipinski definition) is 2. The van der Waals surface area contributed by atoms with Crippen LogP contribution in [0.3, 0.4) is 0 Å². The van der Waals surface area contributed by atoms with Crippen LogP contribution in [0, 0.1) is 3.57 Å². The number of hydrogen-bond donors (Lipinski definition) is 2. The van der Waals surface area contributed by atoms with Crippen molar-refractivity contribution in [2.75, 3.05) is 0 Å².